The number of carbonyl (C=O) groups is 1. The van der Waals surface area contributed by atoms with Crippen molar-refractivity contribution in [2.75, 3.05) is 18.0 Å². The molecule has 3 rings (SSSR count). The van der Waals surface area contributed by atoms with Crippen LogP contribution in [-0.2, 0) is 10.0 Å². The highest BCUT2D eigenvalue weighted by molar-refractivity contribution is 7.93. The Kier molecular flexibility index (Phi) is 6.50. The molecule has 0 aliphatic carbocycles. The SMILES string of the molecule is CCN(c1ccc(Oc2ccccc2)cc1)S(=O)(=O)c1cc(C(=O)O)c(C)cc1OC. The van der Waals surface area contributed by atoms with Gasteiger partial charge in [-0.3, -0.25) is 4.31 Å². The summed E-state index contributed by atoms with van der Waals surface area (Å²) in [5.74, 6) is 0.109. The minimum atomic E-state index is -4.09. The maximum Gasteiger partial charge on any atom is 0.336 e. The van der Waals surface area contributed by atoms with Crippen LogP contribution in [0.2, 0.25) is 0 Å². The average molecular weight is 442 g/mol. The Bertz CT molecular complexity index is 1170. The van der Waals surface area contributed by atoms with Crippen LogP contribution >= 0.6 is 0 Å². The Hall–Kier alpha value is -3.52. The van der Waals surface area contributed by atoms with Crippen molar-refractivity contribution in [1.29, 1.82) is 0 Å². The van der Waals surface area contributed by atoms with Gasteiger partial charge in [0.15, 0.2) is 0 Å². The number of carboxylic acid groups (broad SMARTS) is 1. The van der Waals surface area contributed by atoms with Crippen molar-refractivity contribution in [2.45, 2.75) is 18.7 Å². The van der Waals surface area contributed by atoms with E-state index in [-0.39, 0.29) is 22.8 Å². The molecule has 0 saturated heterocycles. The van der Waals surface area contributed by atoms with Gasteiger partial charge in [0.1, 0.15) is 22.1 Å². The molecular formula is C23H23NO6S. The van der Waals surface area contributed by atoms with E-state index in [1.54, 1.807) is 38.1 Å². The van der Waals surface area contributed by atoms with Gasteiger partial charge in [0.05, 0.1) is 18.4 Å². The third-order valence-electron chi connectivity index (χ3n) is 4.70. The normalized spacial score (nSPS) is 11.1. The maximum atomic E-state index is 13.4. The van der Waals surface area contributed by atoms with Crippen molar-refractivity contribution >= 4 is 21.7 Å². The largest absolute Gasteiger partial charge is 0.495 e. The number of benzene rings is 3. The van der Waals surface area contributed by atoms with Crippen LogP contribution in [0.15, 0.2) is 71.6 Å². The van der Waals surface area contributed by atoms with Crippen LogP contribution in [-0.4, -0.2) is 33.1 Å². The molecule has 162 valence electrons. The third-order valence-corrected chi connectivity index (χ3v) is 6.62. The highest BCUT2D eigenvalue weighted by atomic mass is 32.2. The molecule has 0 amide bonds. The maximum absolute atomic E-state index is 13.4. The molecule has 1 N–H and O–H groups in total. The number of hydrogen-bond donors (Lipinski definition) is 1. The third kappa shape index (κ3) is 4.64. The number of hydrogen-bond acceptors (Lipinski definition) is 5. The van der Waals surface area contributed by atoms with E-state index < -0.39 is 16.0 Å². The summed E-state index contributed by atoms with van der Waals surface area (Å²) in [5.41, 5.74) is 0.734. The van der Waals surface area contributed by atoms with Gasteiger partial charge in [-0.15, -0.1) is 0 Å². The summed E-state index contributed by atoms with van der Waals surface area (Å²) in [5, 5.41) is 9.42. The van der Waals surface area contributed by atoms with E-state index in [0.29, 0.717) is 22.7 Å². The lowest BCUT2D eigenvalue weighted by Crippen LogP contribution is -2.31. The van der Waals surface area contributed by atoms with Crippen LogP contribution in [0.1, 0.15) is 22.8 Å². The van der Waals surface area contributed by atoms with Crippen LogP contribution in [0.3, 0.4) is 0 Å². The van der Waals surface area contributed by atoms with E-state index in [1.165, 1.54) is 17.5 Å². The number of rotatable bonds is 8. The molecule has 0 heterocycles. The van der Waals surface area contributed by atoms with E-state index in [4.69, 9.17) is 9.47 Å². The molecule has 3 aromatic rings. The number of para-hydroxylation sites is 1. The standard InChI is InChI=1S/C23H23NO6S/c1-4-24(17-10-12-19(13-11-17)30-18-8-6-5-7-9-18)31(27,28)22-15-20(23(25)26)16(2)14-21(22)29-3/h5-15H,4H2,1-3H3,(H,25,26). The van der Waals surface area contributed by atoms with E-state index >= 15 is 0 Å². The summed E-state index contributed by atoms with van der Waals surface area (Å²) in [4.78, 5) is 11.3. The zero-order valence-corrected chi connectivity index (χ0v) is 18.2. The zero-order valence-electron chi connectivity index (χ0n) is 17.4. The Morgan fingerprint density at radius 1 is 1.00 bits per heavy atom. The molecule has 3 aromatic carbocycles. The molecule has 0 saturated carbocycles. The van der Waals surface area contributed by atoms with Crippen molar-refractivity contribution < 1.29 is 27.8 Å². The summed E-state index contributed by atoms with van der Waals surface area (Å²) < 4.78 is 39.0. The van der Waals surface area contributed by atoms with Gasteiger partial charge in [0, 0.05) is 6.54 Å². The van der Waals surface area contributed by atoms with Gasteiger partial charge < -0.3 is 14.6 Å². The molecule has 0 atom stereocenters. The zero-order chi connectivity index (χ0) is 22.6. The Morgan fingerprint density at radius 2 is 1.61 bits per heavy atom. The van der Waals surface area contributed by atoms with Crippen molar-refractivity contribution in [1.82, 2.24) is 0 Å². The quantitative estimate of drug-likeness (QED) is 0.544. The van der Waals surface area contributed by atoms with E-state index in [2.05, 4.69) is 0 Å². The lowest BCUT2D eigenvalue weighted by molar-refractivity contribution is 0.0695. The number of ether oxygens (including phenoxy) is 2. The van der Waals surface area contributed by atoms with Gasteiger partial charge in [-0.2, -0.15) is 0 Å². The van der Waals surface area contributed by atoms with Crippen LogP contribution < -0.4 is 13.8 Å². The fourth-order valence-electron chi connectivity index (χ4n) is 3.17. The number of anilines is 1. The smallest absolute Gasteiger partial charge is 0.336 e. The molecule has 0 spiro atoms. The van der Waals surface area contributed by atoms with Crippen LogP contribution in [0.4, 0.5) is 5.69 Å². The average Bonchev–Trinajstić information content (AvgIpc) is 2.75. The second kappa shape index (κ2) is 9.09. The summed E-state index contributed by atoms with van der Waals surface area (Å²) in [6.45, 7) is 3.43. The number of aryl methyl sites for hydroxylation is 1. The van der Waals surface area contributed by atoms with Crippen LogP contribution in [0.5, 0.6) is 17.2 Å². The molecule has 0 radical (unpaired) electrons. The molecule has 0 aliphatic heterocycles. The van der Waals surface area contributed by atoms with Crippen molar-refractivity contribution in [3.63, 3.8) is 0 Å². The van der Waals surface area contributed by atoms with Crippen molar-refractivity contribution in [3.8, 4) is 17.2 Å². The first-order valence-electron chi connectivity index (χ1n) is 9.55. The van der Waals surface area contributed by atoms with Gasteiger partial charge in [-0.25, -0.2) is 13.2 Å². The number of methoxy groups -OCH3 is 1. The van der Waals surface area contributed by atoms with E-state index in [1.807, 2.05) is 30.3 Å². The van der Waals surface area contributed by atoms with Crippen molar-refractivity contribution in [2.24, 2.45) is 0 Å². The summed E-state index contributed by atoms with van der Waals surface area (Å²) in [6.07, 6.45) is 0. The van der Waals surface area contributed by atoms with E-state index in [9.17, 15) is 18.3 Å². The molecule has 0 aliphatic rings. The molecule has 8 heteroatoms. The monoisotopic (exact) mass is 441 g/mol. The Labute approximate surface area is 181 Å². The fraction of sp³-hybridized carbons (Fsp3) is 0.174. The number of aromatic carboxylic acids is 1. The topological polar surface area (TPSA) is 93.1 Å². The number of sulfonamides is 1. The van der Waals surface area contributed by atoms with Gasteiger partial charge in [-0.1, -0.05) is 18.2 Å². The Balaban J connectivity index is 1.98. The molecule has 0 bridgehead atoms. The van der Waals surface area contributed by atoms with Gasteiger partial charge in [-0.05, 0) is 67.9 Å². The molecule has 0 fully saturated rings. The van der Waals surface area contributed by atoms with Crippen LogP contribution in [0, 0.1) is 6.92 Å². The number of nitrogens with zero attached hydrogens (tertiary/aromatic N) is 1. The lowest BCUT2D eigenvalue weighted by atomic mass is 10.1. The minimum absolute atomic E-state index is 0.0879. The predicted octanol–water partition coefficient (Wildman–Crippen LogP) is 4.71. The molecule has 7 nitrogen and oxygen atoms in total. The molecule has 31 heavy (non-hydrogen) atoms. The highest BCUT2D eigenvalue weighted by Gasteiger charge is 2.29. The second-order valence-electron chi connectivity index (χ2n) is 6.70. The van der Waals surface area contributed by atoms with Crippen LogP contribution in [0.25, 0.3) is 0 Å². The predicted molar refractivity (Wildman–Crippen MR) is 118 cm³/mol. The second-order valence-corrected chi connectivity index (χ2v) is 8.53. The number of carboxylic acids is 1. The first-order chi connectivity index (χ1) is 14.8. The molecule has 0 aromatic heterocycles. The van der Waals surface area contributed by atoms with E-state index in [0.717, 1.165) is 6.07 Å². The van der Waals surface area contributed by atoms with Gasteiger partial charge >= 0.3 is 5.97 Å². The summed E-state index contributed by atoms with van der Waals surface area (Å²) >= 11 is 0. The summed E-state index contributed by atoms with van der Waals surface area (Å²) in [6, 6.07) is 18.4. The minimum Gasteiger partial charge on any atom is -0.495 e. The summed E-state index contributed by atoms with van der Waals surface area (Å²) in [7, 11) is -2.74. The van der Waals surface area contributed by atoms with Gasteiger partial charge in [0.25, 0.3) is 10.0 Å². The first-order valence-corrected chi connectivity index (χ1v) is 11.0. The molecule has 0 unspecified atom stereocenters. The van der Waals surface area contributed by atoms with Crippen molar-refractivity contribution in [3.05, 3.63) is 77.9 Å². The molecular weight excluding hydrogens is 418 g/mol. The fourth-order valence-corrected chi connectivity index (χ4v) is 4.81. The Morgan fingerprint density at radius 3 is 2.16 bits per heavy atom. The first kappa shape index (κ1) is 22.2. The van der Waals surface area contributed by atoms with Gasteiger partial charge in [0.2, 0.25) is 0 Å². The highest BCUT2D eigenvalue weighted by Crippen LogP contribution is 2.33. The lowest BCUT2D eigenvalue weighted by Gasteiger charge is -2.24.